The number of carbonyl (C=O) groups excluding carboxylic acids is 1. The van der Waals surface area contributed by atoms with Crippen molar-refractivity contribution in [1.82, 2.24) is 14.6 Å². The van der Waals surface area contributed by atoms with Crippen molar-refractivity contribution < 1.29 is 14.3 Å². The van der Waals surface area contributed by atoms with E-state index in [2.05, 4.69) is 21.6 Å². The number of amides is 1. The summed E-state index contributed by atoms with van der Waals surface area (Å²) in [6.45, 7) is 2.00. The minimum absolute atomic E-state index is 0.147. The Labute approximate surface area is 172 Å². The van der Waals surface area contributed by atoms with Gasteiger partial charge in [0.1, 0.15) is 11.5 Å². The number of hydrogen-bond donors (Lipinski definition) is 1. The molecule has 4 rings (SSSR count). The highest BCUT2D eigenvalue weighted by Gasteiger charge is 2.15. The number of carbonyl (C=O) groups is 1. The van der Waals surface area contributed by atoms with Crippen LogP contribution in [0.3, 0.4) is 0 Å². The van der Waals surface area contributed by atoms with Crippen molar-refractivity contribution in [2.24, 2.45) is 0 Å². The van der Waals surface area contributed by atoms with Gasteiger partial charge in [-0.2, -0.15) is 0 Å². The average molecular weight is 408 g/mol. The second-order valence-corrected chi connectivity index (χ2v) is 7.37. The first-order chi connectivity index (χ1) is 14.1. The number of methoxy groups -OCH3 is 2. The summed E-state index contributed by atoms with van der Waals surface area (Å²) < 4.78 is 12.6. The first-order valence-electron chi connectivity index (χ1n) is 8.99. The summed E-state index contributed by atoms with van der Waals surface area (Å²) in [5.74, 6) is 1.41. The summed E-state index contributed by atoms with van der Waals surface area (Å²) in [6, 6.07) is 15.3. The maximum atomic E-state index is 12.5. The molecule has 0 spiro atoms. The summed E-state index contributed by atoms with van der Waals surface area (Å²) in [7, 11) is 3.21. The Morgan fingerprint density at radius 2 is 1.93 bits per heavy atom. The Kier molecular flexibility index (Phi) is 5.26. The van der Waals surface area contributed by atoms with E-state index >= 15 is 0 Å². The first kappa shape index (κ1) is 19.1. The number of hydrogen-bond acceptors (Lipinski definition) is 6. The van der Waals surface area contributed by atoms with Gasteiger partial charge in [-0.1, -0.05) is 23.9 Å². The van der Waals surface area contributed by atoms with Crippen LogP contribution in [0.1, 0.15) is 5.56 Å². The van der Waals surface area contributed by atoms with Gasteiger partial charge in [0.05, 0.1) is 31.2 Å². The Morgan fingerprint density at radius 3 is 2.72 bits per heavy atom. The molecule has 0 saturated carbocycles. The molecule has 0 atom stereocenters. The Bertz CT molecular complexity index is 1210. The number of benzene rings is 2. The molecule has 2 heterocycles. The van der Waals surface area contributed by atoms with Gasteiger partial charge in [-0.3, -0.25) is 9.20 Å². The van der Waals surface area contributed by atoms with E-state index in [1.54, 1.807) is 26.4 Å². The van der Waals surface area contributed by atoms with Crippen LogP contribution in [-0.4, -0.2) is 40.5 Å². The molecule has 2 aromatic carbocycles. The van der Waals surface area contributed by atoms with Crippen molar-refractivity contribution >= 4 is 39.9 Å². The molecule has 4 aromatic rings. The van der Waals surface area contributed by atoms with Crippen molar-refractivity contribution in [3.8, 4) is 11.5 Å². The maximum Gasteiger partial charge on any atom is 0.234 e. The number of aryl methyl sites for hydroxylation is 1. The molecule has 0 aliphatic heterocycles. The lowest BCUT2D eigenvalue weighted by molar-refractivity contribution is -0.113. The van der Waals surface area contributed by atoms with E-state index in [1.165, 1.54) is 11.8 Å². The zero-order valence-electron chi connectivity index (χ0n) is 16.3. The SMILES string of the molecule is COc1ccc2cc(C)c3nnc(SCC(=O)Nc4ccccc4OC)n3c2c1. The van der Waals surface area contributed by atoms with Gasteiger partial charge in [0.25, 0.3) is 0 Å². The highest BCUT2D eigenvalue weighted by molar-refractivity contribution is 7.99. The number of thioether (sulfide) groups is 1. The molecular formula is C21H20N4O3S. The van der Waals surface area contributed by atoms with Gasteiger partial charge < -0.3 is 14.8 Å². The van der Waals surface area contributed by atoms with Gasteiger partial charge in [0.15, 0.2) is 10.8 Å². The van der Waals surface area contributed by atoms with E-state index in [-0.39, 0.29) is 11.7 Å². The number of ether oxygens (including phenoxy) is 2. The second kappa shape index (κ2) is 8.00. The van der Waals surface area contributed by atoms with E-state index in [4.69, 9.17) is 9.47 Å². The Hall–Kier alpha value is -3.26. The van der Waals surface area contributed by atoms with Gasteiger partial charge in [-0.05, 0) is 48.2 Å². The molecule has 0 fully saturated rings. The predicted octanol–water partition coefficient (Wildman–Crippen LogP) is 3.94. The predicted molar refractivity (Wildman–Crippen MR) is 114 cm³/mol. The van der Waals surface area contributed by atoms with E-state index in [0.29, 0.717) is 16.6 Å². The smallest absolute Gasteiger partial charge is 0.234 e. The lowest BCUT2D eigenvalue weighted by Crippen LogP contribution is -2.15. The maximum absolute atomic E-state index is 12.5. The molecule has 29 heavy (non-hydrogen) atoms. The molecule has 1 N–H and O–H groups in total. The van der Waals surface area contributed by atoms with E-state index in [0.717, 1.165) is 27.9 Å². The number of anilines is 1. The molecule has 0 saturated heterocycles. The standard InChI is InChI=1S/C21H20N4O3S/c1-13-10-14-8-9-15(27-2)11-17(14)25-20(13)23-24-21(25)29-12-19(26)22-16-6-4-5-7-18(16)28-3/h4-11H,12H2,1-3H3,(H,22,26). The van der Waals surface area contributed by atoms with Crippen molar-refractivity contribution in [1.29, 1.82) is 0 Å². The van der Waals surface area contributed by atoms with Crippen LogP contribution in [0.15, 0.2) is 53.7 Å². The molecule has 0 radical (unpaired) electrons. The van der Waals surface area contributed by atoms with Crippen molar-refractivity contribution in [2.45, 2.75) is 12.1 Å². The minimum atomic E-state index is -0.147. The molecule has 148 valence electrons. The van der Waals surface area contributed by atoms with Crippen LogP contribution in [0.25, 0.3) is 16.6 Å². The van der Waals surface area contributed by atoms with Crippen molar-refractivity contribution in [3.05, 3.63) is 54.1 Å². The van der Waals surface area contributed by atoms with Gasteiger partial charge in [0, 0.05) is 6.07 Å². The van der Waals surface area contributed by atoms with Crippen LogP contribution in [0, 0.1) is 6.92 Å². The summed E-state index contributed by atoms with van der Waals surface area (Å²) >= 11 is 1.33. The molecule has 0 aliphatic rings. The number of nitrogens with one attached hydrogen (secondary N) is 1. The highest BCUT2D eigenvalue weighted by atomic mass is 32.2. The summed E-state index contributed by atoms with van der Waals surface area (Å²) in [6.07, 6.45) is 0. The van der Waals surface area contributed by atoms with Crippen LogP contribution in [0.2, 0.25) is 0 Å². The number of rotatable bonds is 6. The Morgan fingerprint density at radius 1 is 1.10 bits per heavy atom. The molecule has 0 aliphatic carbocycles. The number of aromatic nitrogens is 3. The lowest BCUT2D eigenvalue weighted by atomic mass is 10.1. The number of para-hydroxylation sites is 2. The fourth-order valence-corrected chi connectivity index (χ4v) is 3.91. The topological polar surface area (TPSA) is 77.8 Å². The van der Waals surface area contributed by atoms with E-state index in [9.17, 15) is 4.79 Å². The van der Waals surface area contributed by atoms with Gasteiger partial charge >= 0.3 is 0 Å². The van der Waals surface area contributed by atoms with Crippen LogP contribution in [0.5, 0.6) is 11.5 Å². The first-order valence-corrected chi connectivity index (χ1v) is 9.97. The largest absolute Gasteiger partial charge is 0.497 e. The third-order valence-electron chi connectivity index (χ3n) is 4.55. The molecule has 0 bridgehead atoms. The van der Waals surface area contributed by atoms with Gasteiger partial charge in [-0.25, -0.2) is 0 Å². The minimum Gasteiger partial charge on any atom is -0.497 e. The van der Waals surface area contributed by atoms with E-state index in [1.807, 2.05) is 41.7 Å². The van der Waals surface area contributed by atoms with Crippen LogP contribution in [0.4, 0.5) is 5.69 Å². The van der Waals surface area contributed by atoms with Gasteiger partial charge in [-0.15, -0.1) is 10.2 Å². The monoisotopic (exact) mass is 408 g/mol. The van der Waals surface area contributed by atoms with Crippen molar-refractivity contribution in [3.63, 3.8) is 0 Å². The molecule has 1 amide bonds. The summed E-state index contributed by atoms with van der Waals surface area (Å²) in [5, 5.41) is 13.2. The summed E-state index contributed by atoms with van der Waals surface area (Å²) in [5.41, 5.74) is 3.35. The molecule has 8 heteroatoms. The van der Waals surface area contributed by atoms with Crippen molar-refractivity contribution in [2.75, 3.05) is 25.3 Å². The van der Waals surface area contributed by atoms with Crippen LogP contribution >= 0.6 is 11.8 Å². The highest BCUT2D eigenvalue weighted by Crippen LogP contribution is 2.29. The number of fused-ring (bicyclic) bond motifs is 3. The quantitative estimate of drug-likeness (QED) is 0.487. The van der Waals surface area contributed by atoms with E-state index < -0.39 is 0 Å². The normalized spacial score (nSPS) is 11.0. The number of pyridine rings is 1. The Balaban J connectivity index is 1.62. The average Bonchev–Trinajstić information content (AvgIpc) is 3.17. The molecule has 0 unspecified atom stereocenters. The lowest BCUT2D eigenvalue weighted by Gasteiger charge is -2.10. The van der Waals surface area contributed by atoms with Crippen LogP contribution < -0.4 is 14.8 Å². The molecular weight excluding hydrogens is 388 g/mol. The second-order valence-electron chi connectivity index (χ2n) is 6.43. The zero-order valence-corrected chi connectivity index (χ0v) is 17.1. The fourth-order valence-electron chi connectivity index (χ4n) is 3.16. The zero-order chi connectivity index (χ0) is 20.4. The molecule has 2 aromatic heterocycles. The van der Waals surface area contributed by atoms with Gasteiger partial charge in [0.2, 0.25) is 5.91 Å². The van der Waals surface area contributed by atoms with Crippen LogP contribution in [-0.2, 0) is 4.79 Å². The fraction of sp³-hybridized carbons (Fsp3) is 0.190. The third-order valence-corrected chi connectivity index (χ3v) is 5.48. The number of nitrogens with zero attached hydrogens (tertiary/aromatic N) is 3. The molecule has 7 nitrogen and oxygen atoms in total. The summed E-state index contributed by atoms with van der Waals surface area (Å²) in [4.78, 5) is 12.5. The third kappa shape index (κ3) is 3.71.